The van der Waals surface area contributed by atoms with E-state index in [-0.39, 0.29) is 17.2 Å². The Bertz CT molecular complexity index is 1000. The van der Waals surface area contributed by atoms with Gasteiger partial charge in [0.2, 0.25) is 0 Å². The molecular weight excluding hydrogens is 372 g/mol. The molecule has 4 heteroatoms. The summed E-state index contributed by atoms with van der Waals surface area (Å²) < 4.78 is 0. The third-order valence-electron chi connectivity index (χ3n) is 5.07. The minimum atomic E-state index is -0.214. The van der Waals surface area contributed by atoms with Gasteiger partial charge in [0.15, 0.2) is 0 Å². The molecule has 30 heavy (non-hydrogen) atoms. The monoisotopic (exact) mass is 400 g/mol. The Morgan fingerprint density at radius 3 is 1.63 bits per heavy atom. The summed E-state index contributed by atoms with van der Waals surface area (Å²) >= 11 is 0. The second kappa shape index (κ2) is 8.95. The van der Waals surface area contributed by atoms with Crippen LogP contribution in [-0.2, 0) is 5.41 Å². The zero-order valence-electron chi connectivity index (χ0n) is 17.8. The van der Waals surface area contributed by atoms with Crippen molar-refractivity contribution < 1.29 is 9.59 Å². The van der Waals surface area contributed by atoms with Crippen molar-refractivity contribution in [3.05, 3.63) is 101 Å². The molecule has 2 aromatic rings. The van der Waals surface area contributed by atoms with Crippen LogP contribution in [0, 0.1) is 0 Å². The van der Waals surface area contributed by atoms with Gasteiger partial charge in [-0.15, -0.1) is 0 Å². The number of amides is 2. The Kier molecular flexibility index (Phi) is 6.36. The largest absolute Gasteiger partial charge is 0.320 e. The van der Waals surface area contributed by atoms with E-state index in [0.29, 0.717) is 22.5 Å². The molecule has 1 aliphatic rings. The lowest BCUT2D eigenvalue weighted by Crippen LogP contribution is -2.32. The molecule has 0 aliphatic heterocycles. The molecule has 0 unspecified atom stereocenters. The van der Waals surface area contributed by atoms with E-state index in [0.717, 1.165) is 18.4 Å². The predicted octanol–water partition coefficient (Wildman–Crippen LogP) is 5.35. The summed E-state index contributed by atoms with van der Waals surface area (Å²) in [6.45, 7) is 10.1. The van der Waals surface area contributed by atoms with E-state index in [1.165, 1.54) is 5.56 Å². The van der Waals surface area contributed by atoms with Gasteiger partial charge < -0.3 is 10.6 Å². The minimum absolute atomic E-state index is 0.0327. The van der Waals surface area contributed by atoms with Crippen LogP contribution < -0.4 is 10.6 Å². The standard InChI is InChI=1S/C26H28N2O2/c1-5-18-10-12-19(13-11-18)24(29)27-22-8-6-7-9-23(22)28-25(30)20-14-16-21(17-15-20)26(2,3)4/h5,8-17H,1,6-7H2,2-4H3,(H,27,29)(H,28,30). The average molecular weight is 401 g/mol. The molecule has 2 aromatic carbocycles. The van der Waals surface area contributed by atoms with E-state index in [9.17, 15) is 9.59 Å². The molecule has 0 saturated heterocycles. The van der Waals surface area contributed by atoms with Crippen LogP contribution in [0.1, 0.15) is 65.5 Å². The number of allylic oxidation sites excluding steroid dienone is 2. The Labute approximate surface area is 178 Å². The highest BCUT2D eigenvalue weighted by Gasteiger charge is 2.18. The van der Waals surface area contributed by atoms with Crippen molar-refractivity contribution in [3.63, 3.8) is 0 Å². The van der Waals surface area contributed by atoms with E-state index in [2.05, 4.69) is 38.0 Å². The van der Waals surface area contributed by atoms with Gasteiger partial charge in [0, 0.05) is 11.1 Å². The number of hydrogen-bond donors (Lipinski definition) is 2. The van der Waals surface area contributed by atoms with Crippen molar-refractivity contribution in [1.29, 1.82) is 0 Å². The van der Waals surface area contributed by atoms with Crippen molar-refractivity contribution in [1.82, 2.24) is 10.6 Å². The fourth-order valence-corrected chi connectivity index (χ4v) is 3.19. The fourth-order valence-electron chi connectivity index (χ4n) is 3.19. The fraction of sp³-hybridized carbons (Fsp3) is 0.231. The van der Waals surface area contributed by atoms with Crippen molar-refractivity contribution in [2.45, 2.75) is 39.0 Å². The number of carbonyl (C=O) groups excluding carboxylic acids is 2. The molecular formula is C26H28N2O2. The van der Waals surface area contributed by atoms with Crippen LogP contribution >= 0.6 is 0 Å². The summed E-state index contributed by atoms with van der Waals surface area (Å²) in [5.74, 6) is -0.410. The molecule has 0 bridgehead atoms. The van der Waals surface area contributed by atoms with E-state index < -0.39 is 0 Å². The first-order valence-corrected chi connectivity index (χ1v) is 10.1. The van der Waals surface area contributed by atoms with Crippen LogP contribution in [0.5, 0.6) is 0 Å². The first-order valence-electron chi connectivity index (χ1n) is 10.1. The molecule has 1 aliphatic carbocycles. The van der Waals surface area contributed by atoms with Gasteiger partial charge in [-0.2, -0.15) is 0 Å². The third kappa shape index (κ3) is 5.15. The minimum Gasteiger partial charge on any atom is -0.320 e. The average Bonchev–Trinajstić information content (AvgIpc) is 2.74. The molecule has 4 nitrogen and oxygen atoms in total. The number of rotatable bonds is 5. The van der Waals surface area contributed by atoms with E-state index in [1.54, 1.807) is 18.2 Å². The zero-order chi connectivity index (χ0) is 21.7. The van der Waals surface area contributed by atoms with Crippen molar-refractivity contribution in [2.75, 3.05) is 0 Å². The molecule has 0 spiro atoms. The quantitative estimate of drug-likeness (QED) is 0.711. The number of hydrogen-bond acceptors (Lipinski definition) is 2. The van der Waals surface area contributed by atoms with Crippen molar-refractivity contribution in [2.24, 2.45) is 0 Å². The molecule has 0 saturated carbocycles. The summed E-state index contributed by atoms with van der Waals surface area (Å²) in [6, 6.07) is 14.8. The third-order valence-corrected chi connectivity index (χ3v) is 5.07. The van der Waals surface area contributed by atoms with Gasteiger partial charge in [0.25, 0.3) is 11.8 Å². The van der Waals surface area contributed by atoms with Crippen LogP contribution in [-0.4, -0.2) is 11.8 Å². The Balaban J connectivity index is 1.69. The van der Waals surface area contributed by atoms with Crippen LogP contribution in [0.25, 0.3) is 6.08 Å². The van der Waals surface area contributed by atoms with Gasteiger partial charge in [0.1, 0.15) is 0 Å². The van der Waals surface area contributed by atoms with Gasteiger partial charge >= 0.3 is 0 Å². The van der Waals surface area contributed by atoms with Gasteiger partial charge in [-0.3, -0.25) is 9.59 Å². The normalized spacial score (nSPS) is 13.7. The summed E-state index contributed by atoms with van der Waals surface area (Å²) in [7, 11) is 0. The van der Waals surface area contributed by atoms with Gasteiger partial charge in [0.05, 0.1) is 11.4 Å². The summed E-state index contributed by atoms with van der Waals surface area (Å²) in [6.07, 6.45) is 7.23. The number of carbonyl (C=O) groups is 2. The smallest absolute Gasteiger partial charge is 0.255 e. The molecule has 0 radical (unpaired) electrons. The summed E-state index contributed by atoms with van der Waals surface area (Å²) in [4.78, 5) is 25.4. The zero-order valence-corrected chi connectivity index (χ0v) is 17.8. The molecule has 2 N–H and O–H groups in total. The Morgan fingerprint density at radius 1 is 0.800 bits per heavy atom. The van der Waals surface area contributed by atoms with Crippen LogP contribution in [0.3, 0.4) is 0 Å². The molecule has 154 valence electrons. The maximum atomic E-state index is 12.7. The van der Waals surface area contributed by atoms with Gasteiger partial charge in [-0.1, -0.05) is 69.8 Å². The lowest BCUT2D eigenvalue weighted by Gasteiger charge is -2.20. The van der Waals surface area contributed by atoms with E-state index in [4.69, 9.17) is 0 Å². The first kappa shape index (κ1) is 21.3. The number of nitrogens with one attached hydrogen (secondary N) is 2. The molecule has 0 aromatic heterocycles. The van der Waals surface area contributed by atoms with Crippen LogP contribution in [0.2, 0.25) is 0 Å². The second-order valence-corrected chi connectivity index (χ2v) is 8.37. The maximum Gasteiger partial charge on any atom is 0.255 e. The van der Waals surface area contributed by atoms with Crippen molar-refractivity contribution in [3.8, 4) is 0 Å². The molecule has 3 rings (SSSR count). The van der Waals surface area contributed by atoms with Crippen LogP contribution in [0.4, 0.5) is 0 Å². The SMILES string of the molecule is C=Cc1ccc(C(=O)NC2=CCCC=C2NC(=O)c2ccc(C(C)(C)C)cc2)cc1. The molecule has 2 amide bonds. The predicted molar refractivity (Wildman–Crippen MR) is 122 cm³/mol. The van der Waals surface area contributed by atoms with E-state index in [1.807, 2.05) is 48.6 Å². The highest BCUT2D eigenvalue weighted by atomic mass is 16.2. The topological polar surface area (TPSA) is 58.2 Å². The van der Waals surface area contributed by atoms with Crippen molar-refractivity contribution >= 4 is 17.9 Å². The molecule has 0 fully saturated rings. The Morgan fingerprint density at radius 2 is 1.23 bits per heavy atom. The van der Waals surface area contributed by atoms with Crippen LogP contribution in [0.15, 0.2) is 78.7 Å². The van der Waals surface area contributed by atoms with E-state index >= 15 is 0 Å². The lowest BCUT2D eigenvalue weighted by atomic mass is 9.86. The maximum absolute atomic E-state index is 12.7. The summed E-state index contributed by atoms with van der Waals surface area (Å²) in [5.41, 5.74) is 4.54. The first-order chi connectivity index (χ1) is 14.3. The van der Waals surface area contributed by atoms with Gasteiger partial charge in [-0.05, 0) is 53.6 Å². The van der Waals surface area contributed by atoms with Gasteiger partial charge in [-0.25, -0.2) is 0 Å². The molecule has 0 heterocycles. The number of benzene rings is 2. The highest BCUT2D eigenvalue weighted by Crippen LogP contribution is 2.22. The lowest BCUT2D eigenvalue weighted by molar-refractivity contribution is 0.0947. The second-order valence-electron chi connectivity index (χ2n) is 8.37. The highest BCUT2D eigenvalue weighted by molar-refractivity contribution is 5.98. The Hall–Kier alpha value is -3.40. The summed E-state index contributed by atoms with van der Waals surface area (Å²) in [5, 5.41) is 5.87. The molecule has 0 atom stereocenters.